The molecule has 1 fully saturated rings. The predicted octanol–water partition coefficient (Wildman–Crippen LogP) is 4.80. The van der Waals surface area contributed by atoms with E-state index in [1.807, 2.05) is 0 Å². The Kier molecular flexibility index (Phi) is 4.14. The average Bonchev–Trinajstić information content (AvgIpc) is 2.50. The number of hydrogen-bond acceptors (Lipinski definition) is 1. The molecule has 112 valence electrons. The highest BCUT2D eigenvalue weighted by atomic mass is 16.4. The van der Waals surface area contributed by atoms with Gasteiger partial charge in [-0.25, -0.2) is 4.79 Å². The summed E-state index contributed by atoms with van der Waals surface area (Å²) < 4.78 is 0. The third kappa shape index (κ3) is 3.04. The van der Waals surface area contributed by atoms with Crippen LogP contribution >= 0.6 is 0 Å². The number of benzene rings is 1. The second kappa shape index (κ2) is 6.05. The quantitative estimate of drug-likeness (QED) is 0.792. The summed E-state index contributed by atoms with van der Waals surface area (Å²) >= 11 is 0. The molecule has 2 heteroatoms. The van der Waals surface area contributed by atoms with Crippen molar-refractivity contribution in [3.8, 4) is 0 Å². The van der Waals surface area contributed by atoms with E-state index in [-0.39, 0.29) is 5.92 Å². The molecule has 0 heterocycles. The Balaban J connectivity index is 1.86. The van der Waals surface area contributed by atoms with Crippen LogP contribution in [0.25, 0.3) is 0 Å². The van der Waals surface area contributed by atoms with Crippen LogP contribution in [0.15, 0.2) is 29.8 Å². The Morgan fingerprint density at radius 1 is 1.19 bits per heavy atom. The van der Waals surface area contributed by atoms with Crippen molar-refractivity contribution in [2.75, 3.05) is 0 Å². The summed E-state index contributed by atoms with van der Waals surface area (Å²) in [4.78, 5) is 10.9. The Labute approximate surface area is 126 Å². The summed E-state index contributed by atoms with van der Waals surface area (Å²) in [5, 5.41) is 8.97. The number of carboxylic acid groups (broad SMARTS) is 1. The van der Waals surface area contributed by atoms with E-state index in [0.717, 1.165) is 24.3 Å². The maximum Gasteiger partial charge on any atom is 0.328 e. The molecule has 0 radical (unpaired) electrons. The molecule has 2 nitrogen and oxygen atoms in total. The van der Waals surface area contributed by atoms with Gasteiger partial charge in [-0.2, -0.15) is 0 Å². The van der Waals surface area contributed by atoms with Gasteiger partial charge < -0.3 is 5.11 Å². The first-order valence-corrected chi connectivity index (χ1v) is 8.21. The third-order valence-electron chi connectivity index (χ3n) is 5.26. The summed E-state index contributed by atoms with van der Waals surface area (Å²) in [6, 6.07) is 6.94. The van der Waals surface area contributed by atoms with E-state index in [4.69, 9.17) is 5.11 Å². The summed E-state index contributed by atoms with van der Waals surface area (Å²) in [6.07, 6.45) is 10.1. The summed E-state index contributed by atoms with van der Waals surface area (Å²) in [5.74, 6) is 0.166. The molecule has 1 atom stereocenters. The highest BCUT2D eigenvalue weighted by Gasteiger charge is 2.23. The van der Waals surface area contributed by atoms with Gasteiger partial charge in [0, 0.05) is 12.0 Å². The number of aryl methyl sites for hydroxylation is 1. The first-order valence-electron chi connectivity index (χ1n) is 8.21. The maximum atomic E-state index is 10.9. The van der Waals surface area contributed by atoms with Gasteiger partial charge in [-0.05, 0) is 48.3 Å². The molecule has 1 aromatic carbocycles. The van der Waals surface area contributed by atoms with Crippen molar-refractivity contribution in [2.24, 2.45) is 0 Å². The fourth-order valence-electron chi connectivity index (χ4n) is 4.01. The van der Waals surface area contributed by atoms with Crippen molar-refractivity contribution in [1.82, 2.24) is 0 Å². The third-order valence-corrected chi connectivity index (χ3v) is 5.26. The van der Waals surface area contributed by atoms with Crippen molar-refractivity contribution in [1.29, 1.82) is 0 Å². The van der Waals surface area contributed by atoms with Gasteiger partial charge >= 0.3 is 5.97 Å². The van der Waals surface area contributed by atoms with Gasteiger partial charge in [-0.3, -0.25) is 0 Å². The van der Waals surface area contributed by atoms with Gasteiger partial charge in [-0.1, -0.05) is 50.0 Å². The van der Waals surface area contributed by atoms with Crippen molar-refractivity contribution >= 4 is 5.97 Å². The van der Waals surface area contributed by atoms with E-state index in [1.54, 1.807) is 0 Å². The van der Waals surface area contributed by atoms with E-state index in [2.05, 4.69) is 25.1 Å². The number of hydrogen-bond donors (Lipinski definition) is 1. The Bertz CT molecular complexity index is 565. The lowest BCUT2D eigenvalue weighted by atomic mass is 9.77. The minimum atomic E-state index is -0.820. The molecule has 1 aromatic rings. The average molecular weight is 284 g/mol. The maximum absolute atomic E-state index is 10.9. The second-order valence-electron chi connectivity index (χ2n) is 6.57. The van der Waals surface area contributed by atoms with Gasteiger partial charge in [-0.15, -0.1) is 0 Å². The predicted molar refractivity (Wildman–Crippen MR) is 84.7 cm³/mol. The summed E-state index contributed by atoms with van der Waals surface area (Å²) in [5.41, 5.74) is 5.33. The molecular formula is C19H24O2. The molecule has 2 aliphatic carbocycles. The second-order valence-corrected chi connectivity index (χ2v) is 6.57. The fourth-order valence-corrected chi connectivity index (χ4v) is 4.01. The molecule has 0 aromatic heterocycles. The Morgan fingerprint density at radius 3 is 2.67 bits per heavy atom. The van der Waals surface area contributed by atoms with Crippen molar-refractivity contribution in [2.45, 2.75) is 63.7 Å². The number of carboxylic acids is 1. The number of allylic oxidation sites excluding steroid dienone is 1. The fraction of sp³-hybridized carbons (Fsp3) is 0.526. The van der Waals surface area contributed by atoms with Crippen LogP contribution in [0, 0.1) is 0 Å². The number of carbonyl (C=O) groups is 1. The van der Waals surface area contributed by atoms with Crippen molar-refractivity contribution < 1.29 is 9.90 Å². The van der Waals surface area contributed by atoms with E-state index in [9.17, 15) is 4.79 Å². The van der Waals surface area contributed by atoms with Gasteiger partial charge in [0.15, 0.2) is 0 Å². The van der Waals surface area contributed by atoms with E-state index < -0.39 is 5.97 Å². The SMILES string of the molecule is CC1/C(=C\C(=O)O)CCc2cc(C3CCCCC3)ccc21. The molecule has 2 aliphatic rings. The lowest BCUT2D eigenvalue weighted by Gasteiger charge is -2.28. The van der Waals surface area contributed by atoms with Gasteiger partial charge in [0.2, 0.25) is 0 Å². The molecule has 0 bridgehead atoms. The monoisotopic (exact) mass is 284 g/mol. The smallest absolute Gasteiger partial charge is 0.328 e. The lowest BCUT2D eigenvalue weighted by molar-refractivity contribution is -0.131. The topological polar surface area (TPSA) is 37.3 Å². The number of aliphatic carboxylic acids is 1. The summed E-state index contributed by atoms with van der Waals surface area (Å²) in [7, 11) is 0. The van der Waals surface area contributed by atoms with Gasteiger partial charge in [0.1, 0.15) is 0 Å². The van der Waals surface area contributed by atoms with Crippen LogP contribution in [0.1, 0.15) is 74.0 Å². The van der Waals surface area contributed by atoms with Crippen LogP contribution < -0.4 is 0 Å². The molecule has 1 unspecified atom stereocenters. The first kappa shape index (κ1) is 14.4. The minimum absolute atomic E-state index is 0.241. The lowest BCUT2D eigenvalue weighted by Crippen LogP contribution is -2.13. The van der Waals surface area contributed by atoms with Crippen LogP contribution in [0.4, 0.5) is 0 Å². The molecule has 1 saturated carbocycles. The zero-order valence-electron chi connectivity index (χ0n) is 12.8. The van der Waals surface area contributed by atoms with E-state index in [1.165, 1.54) is 54.9 Å². The van der Waals surface area contributed by atoms with Gasteiger partial charge in [0.25, 0.3) is 0 Å². The van der Waals surface area contributed by atoms with E-state index >= 15 is 0 Å². The Hall–Kier alpha value is -1.57. The largest absolute Gasteiger partial charge is 0.478 e. The van der Waals surface area contributed by atoms with Gasteiger partial charge in [0.05, 0.1) is 0 Å². The zero-order valence-corrected chi connectivity index (χ0v) is 12.8. The number of rotatable bonds is 2. The van der Waals surface area contributed by atoms with Crippen molar-refractivity contribution in [3.63, 3.8) is 0 Å². The molecule has 0 spiro atoms. The van der Waals surface area contributed by atoms with Crippen LogP contribution in [0.2, 0.25) is 0 Å². The normalized spacial score (nSPS) is 24.8. The Morgan fingerprint density at radius 2 is 1.95 bits per heavy atom. The molecular weight excluding hydrogens is 260 g/mol. The first-order chi connectivity index (χ1) is 10.1. The molecule has 21 heavy (non-hydrogen) atoms. The zero-order chi connectivity index (χ0) is 14.8. The molecule has 0 saturated heterocycles. The molecule has 3 rings (SSSR count). The molecule has 0 aliphatic heterocycles. The highest BCUT2D eigenvalue weighted by molar-refractivity contribution is 5.81. The standard InChI is InChI=1S/C19H24O2/c1-13-15(12-19(20)21)7-8-17-11-16(9-10-18(13)17)14-5-3-2-4-6-14/h9-14H,2-8H2,1H3,(H,20,21)/b15-12-. The number of fused-ring (bicyclic) bond motifs is 1. The molecule has 0 amide bonds. The van der Waals surface area contributed by atoms with Crippen LogP contribution in [-0.4, -0.2) is 11.1 Å². The van der Waals surface area contributed by atoms with E-state index in [0.29, 0.717) is 0 Å². The highest BCUT2D eigenvalue weighted by Crippen LogP contribution is 2.39. The van der Waals surface area contributed by atoms with Crippen LogP contribution in [0.5, 0.6) is 0 Å². The van der Waals surface area contributed by atoms with Crippen LogP contribution in [0.3, 0.4) is 0 Å². The van der Waals surface area contributed by atoms with Crippen molar-refractivity contribution in [3.05, 3.63) is 46.5 Å². The van der Waals surface area contributed by atoms with Crippen LogP contribution in [-0.2, 0) is 11.2 Å². The molecule has 1 N–H and O–H groups in total. The minimum Gasteiger partial charge on any atom is -0.478 e. The summed E-state index contributed by atoms with van der Waals surface area (Å²) in [6.45, 7) is 2.13.